The number of carbonyl (C=O) groups excluding carboxylic acids is 1. The van der Waals surface area contributed by atoms with Gasteiger partial charge < -0.3 is 20.0 Å². The molecule has 2 aliphatic rings. The number of rotatable bonds is 4. The normalized spacial score (nSPS) is 25.9. The molecule has 2 aliphatic heterocycles. The molecule has 1 aromatic heterocycles. The first kappa shape index (κ1) is 13.4. The Hall–Kier alpha value is -1.63. The van der Waals surface area contributed by atoms with Gasteiger partial charge >= 0.3 is 6.01 Å². The fourth-order valence-corrected chi connectivity index (χ4v) is 2.91. The molecule has 0 aromatic carbocycles. The highest BCUT2D eigenvalue weighted by molar-refractivity contribution is 5.82. The van der Waals surface area contributed by atoms with Crippen LogP contribution >= 0.6 is 0 Å². The fraction of sp³-hybridized carbons (Fsp3) is 0.769. The third-order valence-corrected chi connectivity index (χ3v) is 3.96. The molecule has 0 saturated carbocycles. The maximum Gasteiger partial charge on any atom is 0.318 e. The molecule has 2 atom stereocenters. The van der Waals surface area contributed by atoms with Crippen LogP contribution in [0.3, 0.4) is 0 Å². The lowest BCUT2D eigenvalue weighted by Crippen LogP contribution is -2.45. The molecule has 2 fully saturated rings. The minimum absolute atomic E-state index is 0.0629. The maximum atomic E-state index is 11.8. The molecule has 0 bridgehead atoms. The lowest BCUT2D eigenvalue weighted by molar-refractivity contribution is -0.123. The predicted molar refractivity (Wildman–Crippen MR) is 73.1 cm³/mol. The van der Waals surface area contributed by atoms with Gasteiger partial charge in [0.2, 0.25) is 11.8 Å². The molecule has 110 valence electrons. The van der Waals surface area contributed by atoms with Gasteiger partial charge in [-0.15, -0.1) is 5.10 Å². The van der Waals surface area contributed by atoms with Crippen molar-refractivity contribution in [3.63, 3.8) is 0 Å². The monoisotopic (exact) mass is 279 g/mol. The summed E-state index contributed by atoms with van der Waals surface area (Å²) in [5, 5.41) is 14.4. The molecular formula is C13H21N5O2. The Morgan fingerprint density at radius 1 is 1.50 bits per heavy atom. The van der Waals surface area contributed by atoms with Crippen molar-refractivity contribution in [2.45, 2.75) is 45.3 Å². The Morgan fingerprint density at radius 2 is 2.35 bits per heavy atom. The predicted octanol–water partition coefficient (Wildman–Crippen LogP) is 0.282. The van der Waals surface area contributed by atoms with E-state index >= 15 is 0 Å². The molecule has 2 N–H and O–H groups in total. The molecular weight excluding hydrogens is 258 g/mol. The van der Waals surface area contributed by atoms with E-state index in [4.69, 9.17) is 4.42 Å². The number of hydrogen-bond acceptors (Lipinski definition) is 6. The zero-order valence-electron chi connectivity index (χ0n) is 11.9. The van der Waals surface area contributed by atoms with Gasteiger partial charge in [-0.2, -0.15) is 0 Å². The Kier molecular flexibility index (Phi) is 3.60. The summed E-state index contributed by atoms with van der Waals surface area (Å²) < 4.78 is 5.72. The van der Waals surface area contributed by atoms with Gasteiger partial charge in [-0.1, -0.05) is 18.9 Å². The van der Waals surface area contributed by atoms with Gasteiger partial charge in [0.1, 0.15) is 0 Å². The largest absolute Gasteiger partial charge is 0.407 e. The molecule has 3 rings (SSSR count). The van der Waals surface area contributed by atoms with Gasteiger partial charge in [0.05, 0.1) is 18.5 Å². The number of hydrogen-bond donors (Lipinski definition) is 2. The van der Waals surface area contributed by atoms with Crippen molar-refractivity contribution in [1.82, 2.24) is 20.8 Å². The van der Waals surface area contributed by atoms with Gasteiger partial charge in [-0.3, -0.25) is 4.79 Å². The van der Waals surface area contributed by atoms with E-state index in [1.165, 1.54) is 0 Å². The highest BCUT2D eigenvalue weighted by Gasteiger charge is 2.42. The van der Waals surface area contributed by atoms with Crippen LogP contribution in [0.5, 0.6) is 0 Å². The lowest BCUT2D eigenvalue weighted by atomic mass is 9.92. The molecule has 3 heterocycles. The molecule has 2 saturated heterocycles. The second-order valence-electron chi connectivity index (χ2n) is 5.77. The first-order valence-corrected chi connectivity index (χ1v) is 7.25. The highest BCUT2D eigenvalue weighted by Crippen LogP contribution is 2.30. The zero-order valence-corrected chi connectivity index (χ0v) is 11.9. The van der Waals surface area contributed by atoms with Crippen LogP contribution in [0.25, 0.3) is 0 Å². The lowest BCUT2D eigenvalue weighted by Gasteiger charge is -2.34. The number of anilines is 1. The number of nitrogens with one attached hydrogen (secondary N) is 2. The average Bonchev–Trinajstić information content (AvgIpc) is 3.04. The van der Waals surface area contributed by atoms with Crippen molar-refractivity contribution < 1.29 is 9.21 Å². The van der Waals surface area contributed by atoms with E-state index in [9.17, 15) is 4.79 Å². The molecule has 7 nitrogen and oxygen atoms in total. The molecule has 0 aliphatic carbocycles. The topological polar surface area (TPSA) is 83.3 Å². The van der Waals surface area contributed by atoms with E-state index in [0.717, 1.165) is 19.4 Å². The van der Waals surface area contributed by atoms with Crippen molar-refractivity contribution in [3.8, 4) is 0 Å². The third-order valence-electron chi connectivity index (χ3n) is 3.96. The molecule has 2 unspecified atom stereocenters. The molecule has 20 heavy (non-hydrogen) atoms. The number of nitrogens with zero attached hydrogens (tertiary/aromatic N) is 3. The van der Waals surface area contributed by atoms with Crippen LogP contribution < -0.4 is 15.5 Å². The minimum atomic E-state index is 0.0629. The van der Waals surface area contributed by atoms with Crippen LogP contribution in [0.1, 0.15) is 32.6 Å². The van der Waals surface area contributed by atoms with Crippen LogP contribution in [0.15, 0.2) is 4.42 Å². The Bertz CT molecular complexity index is 487. The summed E-state index contributed by atoms with van der Waals surface area (Å²) in [7, 11) is 0. The number of aromatic nitrogens is 2. The van der Waals surface area contributed by atoms with Crippen LogP contribution in [0, 0.1) is 5.92 Å². The Labute approximate surface area is 118 Å². The summed E-state index contributed by atoms with van der Waals surface area (Å²) in [6.45, 7) is 6.26. The van der Waals surface area contributed by atoms with Crippen molar-refractivity contribution in [2.75, 3.05) is 18.0 Å². The van der Waals surface area contributed by atoms with Crippen molar-refractivity contribution in [3.05, 3.63) is 5.89 Å². The minimum Gasteiger partial charge on any atom is -0.407 e. The van der Waals surface area contributed by atoms with Gasteiger partial charge in [0, 0.05) is 19.1 Å². The summed E-state index contributed by atoms with van der Waals surface area (Å²) in [6, 6.07) is 1.07. The number of fused-ring (bicyclic) bond motifs is 1. The molecule has 7 heteroatoms. The number of piperidine rings is 1. The summed E-state index contributed by atoms with van der Waals surface area (Å²) in [6.07, 6.45) is 1.93. The van der Waals surface area contributed by atoms with Gasteiger partial charge in [-0.05, 0) is 12.8 Å². The van der Waals surface area contributed by atoms with E-state index in [2.05, 4.69) is 39.6 Å². The summed E-state index contributed by atoms with van der Waals surface area (Å²) in [5.41, 5.74) is 0. The average molecular weight is 279 g/mol. The smallest absolute Gasteiger partial charge is 0.318 e. The van der Waals surface area contributed by atoms with E-state index < -0.39 is 0 Å². The van der Waals surface area contributed by atoms with Crippen molar-refractivity contribution in [1.29, 1.82) is 0 Å². The number of amides is 1. The van der Waals surface area contributed by atoms with Crippen LogP contribution in [-0.4, -0.2) is 41.3 Å². The van der Waals surface area contributed by atoms with Crippen LogP contribution in [0.4, 0.5) is 6.01 Å². The van der Waals surface area contributed by atoms with Crippen LogP contribution in [0.2, 0.25) is 0 Å². The summed E-state index contributed by atoms with van der Waals surface area (Å²) in [5.74, 6) is 0.807. The zero-order chi connectivity index (χ0) is 14.1. The molecule has 0 spiro atoms. The van der Waals surface area contributed by atoms with E-state index in [-0.39, 0.29) is 17.9 Å². The second kappa shape index (κ2) is 5.40. The second-order valence-corrected chi connectivity index (χ2v) is 5.77. The van der Waals surface area contributed by atoms with E-state index in [1.807, 2.05) is 0 Å². The molecule has 1 amide bonds. The molecule has 1 aromatic rings. The molecule has 0 radical (unpaired) electrons. The summed E-state index contributed by atoms with van der Waals surface area (Å²) >= 11 is 0. The highest BCUT2D eigenvalue weighted by atomic mass is 16.4. The first-order valence-electron chi connectivity index (χ1n) is 7.25. The van der Waals surface area contributed by atoms with Gasteiger partial charge in [0.25, 0.3) is 0 Å². The number of carbonyl (C=O) groups is 1. The van der Waals surface area contributed by atoms with Gasteiger partial charge in [-0.25, -0.2) is 0 Å². The Balaban J connectivity index is 1.70. The fourth-order valence-electron chi connectivity index (χ4n) is 2.91. The third kappa shape index (κ3) is 2.49. The first-order chi connectivity index (χ1) is 9.65. The quantitative estimate of drug-likeness (QED) is 0.824. The van der Waals surface area contributed by atoms with Crippen molar-refractivity contribution in [2.24, 2.45) is 5.92 Å². The Morgan fingerprint density at radius 3 is 3.15 bits per heavy atom. The van der Waals surface area contributed by atoms with E-state index in [1.54, 1.807) is 0 Å². The van der Waals surface area contributed by atoms with Gasteiger partial charge in [0.15, 0.2) is 0 Å². The maximum absolute atomic E-state index is 11.8. The van der Waals surface area contributed by atoms with E-state index in [0.29, 0.717) is 31.0 Å². The summed E-state index contributed by atoms with van der Waals surface area (Å²) in [4.78, 5) is 13.8. The standard InChI is InChI=1S/C13H21N5O2/c1-8(2)14-7-11-16-17-13(20-11)18-5-3-4-9-10(18)6-15-12(9)19/h8-10,14H,3-7H2,1-2H3,(H,15,19). The van der Waals surface area contributed by atoms with Crippen molar-refractivity contribution >= 4 is 11.9 Å². The SMILES string of the molecule is CC(C)NCc1nnc(N2CCCC3C(=O)NCC32)o1. The van der Waals surface area contributed by atoms with Crippen LogP contribution in [-0.2, 0) is 11.3 Å².